The van der Waals surface area contributed by atoms with E-state index in [4.69, 9.17) is 11.6 Å². The average Bonchev–Trinajstić information content (AvgIpc) is 2.81. The summed E-state index contributed by atoms with van der Waals surface area (Å²) in [7, 11) is -3.75. The Morgan fingerprint density at radius 3 is 2.43 bits per heavy atom. The van der Waals surface area contributed by atoms with Crippen molar-refractivity contribution in [3.8, 4) is 0 Å². The van der Waals surface area contributed by atoms with E-state index in [0.29, 0.717) is 24.9 Å². The average molecular weight is 330 g/mol. The number of aromatic nitrogens is 2. The number of halogens is 1. The van der Waals surface area contributed by atoms with E-state index in [1.54, 1.807) is 24.4 Å². The summed E-state index contributed by atoms with van der Waals surface area (Å²) < 4.78 is 29.8. The molecular formula is C14H20ClN3O2S. The van der Waals surface area contributed by atoms with Crippen LogP contribution in [0.3, 0.4) is 0 Å². The SMILES string of the molecule is CCC(CC)(CC)NS(=O)(=O)c1c(Cl)nc2ccccn12. The van der Waals surface area contributed by atoms with Crippen molar-refractivity contribution in [2.45, 2.75) is 50.6 Å². The molecule has 0 aliphatic carbocycles. The number of imidazole rings is 1. The van der Waals surface area contributed by atoms with Crippen molar-refractivity contribution in [1.82, 2.24) is 14.1 Å². The van der Waals surface area contributed by atoms with Gasteiger partial charge in [-0.25, -0.2) is 18.1 Å². The second-order valence-electron chi connectivity index (χ2n) is 5.08. The highest BCUT2D eigenvalue weighted by Gasteiger charge is 2.33. The quantitative estimate of drug-likeness (QED) is 0.885. The summed E-state index contributed by atoms with van der Waals surface area (Å²) in [4.78, 5) is 4.10. The van der Waals surface area contributed by atoms with Crippen LogP contribution in [0.25, 0.3) is 5.65 Å². The maximum Gasteiger partial charge on any atom is 0.260 e. The predicted molar refractivity (Wildman–Crippen MR) is 84.1 cm³/mol. The molecule has 2 rings (SSSR count). The van der Waals surface area contributed by atoms with E-state index in [1.165, 1.54) is 4.40 Å². The van der Waals surface area contributed by atoms with Gasteiger partial charge in [0.05, 0.1) is 0 Å². The van der Waals surface area contributed by atoms with Gasteiger partial charge in [-0.05, 0) is 31.4 Å². The van der Waals surface area contributed by atoms with Crippen LogP contribution >= 0.6 is 11.6 Å². The van der Waals surface area contributed by atoms with Crippen molar-refractivity contribution in [3.63, 3.8) is 0 Å². The summed E-state index contributed by atoms with van der Waals surface area (Å²) in [6.07, 6.45) is 3.79. The first-order chi connectivity index (χ1) is 9.89. The maximum absolute atomic E-state index is 12.8. The van der Waals surface area contributed by atoms with Crippen LogP contribution in [0.4, 0.5) is 0 Å². The molecule has 0 spiro atoms. The number of hydrogen-bond acceptors (Lipinski definition) is 3. The smallest absolute Gasteiger partial charge is 0.260 e. The van der Waals surface area contributed by atoms with Gasteiger partial charge in [-0.2, -0.15) is 0 Å². The molecule has 116 valence electrons. The molecule has 2 aromatic rings. The third-order valence-electron chi connectivity index (χ3n) is 4.08. The Balaban J connectivity index is 2.55. The molecule has 0 atom stereocenters. The fraction of sp³-hybridized carbons (Fsp3) is 0.500. The van der Waals surface area contributed by atoms with Gasteiger partial charge in [-0.3, -0.25) is 4.40 Å². The van der Waals surface area contributed by atoms with Crippen LogP contribution in [0.15, 0.2) is 29.4 Å². The van der Waals surface area contributed by atoms with Crippen LogP contribution in [0.5, 0.6) is 0 Å². The van der Waals surface area contributed by atoms with Crippen molar-refractivity contribution in [3.05, 3.63) is 29.5 Å². The van der Waals surface area contributed by atoms with Gasteiger partial charge in [0.1, 0.15) is 5.65 Å². The topological polar surface area (TPSA) is 63.5 Å². The molecule has 0 amide bonds. The molecule has 0 aromatic carbocycles. The number of rotatable bonds is 6. The number of fused-ring (bicyclic) bond motifs is 1. The maximum atomic E-state index is 12.8. The van der Waals surface area contributed by atoms with E-state index in [1.807, 2.05) is 20.8 Å². The Hall–Kier alpha value is -1.11. The summed E-state index contributed by atoms with van der Waals surface area (Å²) in [6, 6.07) is 5.26. The zero-order valence-electron chi connectivity index (χ0n) is 12.4. The van der Waals surface area contributed by atoms with Crippen molar-refractivity contribution >= 4 is 27.3 Å². The number of pyridine rings is 1. The van der Waals surface area contributed by atoms with E-state index in [2.05, 4.69) is 9.71 Å². The van der Waals surface area contributed by atoms with Gasteiger partial charge in [0.15, 0.2) is 10.2 Å². The number of sulfonamides is 1. The molecule has 7 heteroatoms. The predicted octanol–water partition coefficient (Wildman–Crippen LogP) is 3.23. The fourth-order valence-electron chi connectivity index (χ4n) is 2.48. The molecule has 1 N–H and O–H groups in total. The van der Waals surface area contributed by atoms with Gasteiger partial charge in [0.2, 0.25) is 0 Å². The van der Waals surface area contributed by atoms with E-state index < -0.39 is 15.6 Å². The molecule has 0 unspecified atom stereocenters. The van der Waals surface area contributed by atoms with Crippen molar-refractivity contribution < 1.29 is 8.42 Å². The third kappa shape index (κ3) is 2.93. The molecule has 2 heterocycles. The van der Waals surface area contributed by atoms with Gasteiger partial charge in [-0.1, -0.05) is 38.4 Å². The number of nitrogens with zero attached hydrogens (tertiary/aromatic N) is 2. The Kier molecular flexibility index (Phi) is 4.60. The van der Waals surface area contributed by atoms with E-state index in [0.717, 1.165) is 0 Å². The highest BCUT2D eigenvalue weighted by atomic mass is 35.5. The van der Waals surface area contributed by atoms with Crippen molar-refractivity contribution in [2.75, 3.05) is 0 Å². The Labute approximate surface area is 130 Å². The lowest BCUT2D eigenvalue weighted by atomic mass is 9.91. The van der Waals surface area contributed by atoms with Crippen molar-refractivity contribution in [2.24, 2.45) is 0 Å². The van der Waals surface area contributed by atoms with Gasteiger partial charge >= 0.3 is 0 Å². The molecular weight excluding hydrogens is 310 g/mol. The van der Waals surface area contributed by atoms with Crippen molar-refractivity contribution in [1.29, 1.82) is 0 Å². The summed E-state index contributed by atoms with van der Waals surface area (Å²) >= 11 is 6.06. The van der Waals surface area contributed by atoms with E-state index in [9.17, 15) is 8.42 Å². The largest absolute Gasteiger partial charge is 0.288 e. The minimum atomic E-state index is -3.75. The van der Waals surface area contributed by atoms with Gasteiger partial charge in [-0.15, -0.1) is 0 Å². The molecule has 0 bridgehead atoms. The minimum Gasteiger partial charge on any atom is -0.288 e. The van der Waals surface area contributed by atoms with Crippen LogP contribution in [0.2, 0.25) is 5.15 Å². The van der Waals surface area contributed by atoms with Crippen LogP contribution < -0.4 is 4.72 Å². The first kappa shape index (κ1) is 16.3. The lowest BCUT2D eigenvalue weighted by Gasteiger charge is -2.31. The molecule has 5 nitrogen and oxygen atoms in total. The van der Waals surface area contributed by atoms with Crippen LogP contribution in [0, 0.1) is 0 Å². The lowest BCUT2D eigenvalue weighted by Crippen LogP contribution is -2.47. The summed E-state index contributed by atoms with van der Waals surface area (Å²) in [6.45, 7) is 5.93. The molecule has 0 saturated carbocycles. The zero-order chi connectivity index (χ0) is 15.7. The molecule has 0 saturated heterocycles. The standard InChI is InChI=1S/C14H20ClN3O2S/c1-4-14(5-2,6-3)17-21(19,20)13-12(15)16-11-9-7-8-10-18(11)13/h7-10,17H,4-6H2,1-3H3. The Morgan fingerprint density at radius 1 is 1.24 bits per heavy atom. The first-order valence-electron chi connectivity index (χ1n) is 7.05. The molecule has 0 aliphatic heterocycles. The highest BCUT2D eigenvalue weighted by Crippen LogP contribution is 2.27. The monoisotopic (exact) mass is 329 g/mol. The van der Waals surface area contributed by atoms with Gasteiger partial charge < -0.3 is 0 Å². The number of hydrogen-bond donors (Lipinski definition) is 1. The second-order valence-corrected chi connectivity index (χ2v) is 7.04. The normalized spacial score (nSPS) is 13.0. The molecule has 0 radical (unpaired) electrons. The van der Waals surface area contributed by atoms with E-state index >= 15 is 0 Å². The van der Waals surface area contributed by atoms with Crippen LogP contribution in [0.1, 0.15) is 40.0 Å². The lowest BCUT2D eigenvalue weighted by molar-refractivity contribution is 0.341. The molecule has 21 heavy (non-hydrogen) atoms. The Morgan fingerprint density at radius 2 is 1.86 bits per heavy atom. The molecule has 2 aromatic heterocycles. The van der Waals surface area contributed by atoms with Crippen LogP contribution in [-0.2, 0) is 10.0 Å². The van der Waals surface area contributed by atoms with Crippen LogP contribution in [-0.4, -0.2) is 23.3 Å². The summed E-state index contributed by atoms with van der Waals surface area (Å²) in [5.41, 5.74) is 0.0548. The molecule has 0 fully saturated rings. The van der Waals surface area contributed by atoms with E-state index in [-0.39, 0.29) is 10.2 Å². The van der Waals surface area contributed by atoms with Gasteiger partial charge in [0, 0.05) is 11.7 Å². The minimum absolute atomic E-state index is 0.000471. The summed E-state index contributed by atoms with van der Waals surface area (Å²) in [5.74, 6) is 0. The summed E-state index contributed by atoms with van der Waals surface area (Å²) in [5, 5.41) is -0.00889. The Bertz CT molecular complexity index is 727. The third-order valence-corrected chi connectivity index (χ3v) is 6.06. The first-order valence-corrected chi connectivity index (χ1v) is 8.91. The molecule has 0 aliphatic rings. The second kappa shape index (κ2) is 5.94. The number of nitrogens with one attached hydrogen (secondary N) is 1. The highest BCUT2D eigenvalue weighted by molar-refractivity contribution is 7.89. The van der Waals surface area contributed by atoms with Gasteiger partial charge in [0.25, 0.3) is 10.0 Å². The fourth-order valence-corrected chi connectivity index (χ4v) is 4.75. The zero-order valence-corrected chi connectivity index (χ0v) is 14.0.